The summed E-state index contributed by atoms with van der Waals surface area (Å²) in [6.07, 6.45) is 2.82. The van der Waals surface area contributed by atoms with Crippen molar-refractivity contribution < 1.29 is 8.42 Å². The summed E-state index contributed by atoms with van der Waals surface area (Å²) in [5.41, 5.74) is 2.05. The van der Waals surface area contributed by atoms with Gasteiger partial charge in [0, 0.05) is 11.9 Å². The van der Waals surface area contributed by atoms with Crippen LogP contribution in [0, 0.1) is 0 Å². The molecule has 7 heteroatoms. The van der Waals surface area contributed by atoms with E-state index < -0.39 is 10.0 Å². The number of hydrogen-bond donors (Lipinski definition) is 2. The molecule has 2 rings (SSSR count). The van der Waals surface area contributed by atoms with Crippen LogP contribution in [0.2, 0.25) is 5.02 Å². The van der Waals surface area contributed by atoms with Crippen molar-refractivity contribution in [2.24, 2.45) is 0 Å². The van der Waals surface area contributed by atoms with Crippen LogP contribution in [-0.4, -0.2) is 19.7 Å². The minimum atomic E-state index is -3.34. The zero-order valence-electron chi connectivity index (χ0n) is 11.7. The largest absolute Gasteiger partial charge is 0.377 e. The maximum atomic E-state index is 11.2. The number of rotatable bonds is 5. The van der Waals surface area contributed by atoms with Crippen molar-refractivity contribution in [3.8, 4) is 0 Å². The van der Waals surface area contributed by atoms with Crippen LogP contribution in [0.25, 0.3) is 0 Å². The maximum Gasteiger partial charge on any atom is 0.229 e. The van der Waals surface area contributed by atoms with Crippen LogP contribution in [0.4, 0.5) is 11.4 Å². The third-order valence-corrected chi connectivity index (χ3v) is 3.68. The highest BCUT2D eigenvalue weighted by Gasteiger charge is 2.09. The lowest BCUT2D eigenvalue weighted by atomic mass is 10.2. The van der Waals surface area contributed by atoms with Gasteiger partial charge >= 0.3 is 0 Å². The summed E-state index contributed by atoms with van der Waals surface area (Å²) in [6.45, 7) is 1.99. The summed E-state index contributed by atoms with van der Waals surface area (Å²) in [4.78, 5) is 4.28. The molecule has 0 aliphatic heterocycles. The molecule has 2 aromatic rings. The molecule has 1 heterocycles. The fourth-order valence-electron chi connectivity index (χ4n) is 1.84. The van der Waals surface area contributed by atoms with Gasteiger partial charge in [0.05, 0.1) is 28.7 Å². The van der Waals surface area contributed by atoms with Gasteiger partial charge in [-0.15, -0.1) is 0 Å². The zero-order valence-corrected chi connectivity index (χ0v) is 13.2. The molecule has 112 valence electrons. The van der Waals surface area contributed by atoms with E-state index in [0.717, 1.165) is 17.6 Å². The van der Waals surface area contributed by atoms with E-state index in [1.165, 1.54) is 0 Å². The standard InChI is InChI=1S/C14H16ClN3O2S/c1-10(13-5-3-4-8-16-13)17-11-6-7-14(12(15)9-11)18-21(2,19)20/h3-10,17-18H,1-2H3. The van der Waals surface area contributed by atoms with E-state index in [1.807, 2.05) is 25.1 Å². The van der Waals surface area contributed by atoms with Gasteiger partial charge in [-0.25, -0.2) is 8.42 Å². The Hall–Kier alpha value is -1.79. The number of pyridine rings is 1. The fraction of sp³-hybridized carbons (Fsp3) is 0.214. The van der Waals surface area contributed by atoms with E-state index in [2.05, 4.69) is 15.0 Å². The second kappa shape index (κ2) is 6.32. The van der Waals surface area contributed by atoms with Gasteiger partial charge in [0.25, 0.3) is 0 Å². The highest BCUT2D eigenvalue weighted by atomic mass is 35.5. The van der Waals surface area contributed by atoms with E-state index >= 15 is 0 Å². The Morgan fingerprint density at radius 2 is 2.00 bits per heavy atom. The second-order valence-electron chi connectivity index (χ2n) is 4.69. The lowest BCUT2D eigenvalue weighted by Gasteiger charge is -2.16. The van der Waals surface area contributed by atoms with Gasteiger partial charge in [0.1, 0.15) is 0 Å². The first kappa shape index (κ1) is 15.6. The first-order valence-electron chi connectivity index (χ1n) is 6.30. The molecule has 1 aromatic heterocycles. The molecular formula is C14H16ClN3O2S. The molecule has 0 amide bonds. The minimum absolute atomic E-state index is 0.0102. The van der Waals surface area contributed by atoms with Crippen LogP contribution in [-0.2, 0) is 10.0 Å². The molecule has 0 aliphatic carbocycles. The molecule has 1 atom stereocenters. The number of halogens is 1. The molecule has 0 bridgehead atoms. The second-order valence-corrected chi connectivity index (χ2v) is 6.85. The van der Waals surface area contributed by atoms with Crippen molar-refractivity contribution in [2.75, 3.05) is 16.3 Å². The molecule has 1 unspecified atom stereocenters. The van der Waals surface area contributed by atoms with Crippen LogP contribution < -0.4 is 10.0 Å². The van der Waals surface area contributed by atoms with Crippen molar-refractivity contribution in [1.29, 1.82) is 0 Å². The van der Waals surface area contributed by atoms with Crippen LogP contribution in [0.15, 0.2) is 42.6 Å². The van der Waals surface area contributed by atoms with E-state index in [9.17, 15) is 8.42 Å². The van der Waals surface area contributed by atoms with Crippen LogP contribution >= 0.6 is 11.6 Å². The number of anilines is 2. The molecule has 0 fully saturated rings. The quantitative estimate of drug-likeness (QED) is 0.885. The van der Waals surface area contributed by atoms with Crippen LogP contribution in [0.5, 0.6) is 0 Å². The Bertz CT molecular complexity index is 720. The van der Waals surface area contributed by atoms with E-state index in [1.54, 1.807) is 24.4 Å². The van der Waals surface area contributed by atoms with Crippen molar-refractivity contribution in [3.05, 3.63) is 53.3 Å². The van der Waals surface area contributed by atoms with Gasteiger partial charge in [-0.1, -0.05) is 17.7 Å². The average molecular weight is 326 g/mol. The first-order chi connectivity index (χ1) is 9.85. The van der Waals surface area contributed by atoms with Crippen molar-refractivity contribution >= 4 is 33.0 Å². The number of hydrogen-bond acceptors (Lipinski definition) is 4. The SMILES string of the molecule is CC(Nc1ccc(NS(C)(=O)=O)c(Cl)c1)c1ccccn1. The van der Waals surface area contributed by atoms with E-state index in [4.69, 9.17) is 11.6 Å². The smallest absolute Gasteiger partial charge is 0.229 e. The highest BCUT2D eigenvalue weighted by Crippen LogP contribution is 2.28. The molecular weight excluding hydrogens is 310 g/mol. The minimum Gasteiger partial charge on any atom is -0.377 e. The van der Waals surface area contributed by atoms with E-state index in [0.29, 0.717) is 10.7 Å². The Morgan fingerprint density at radius 1 is 1.24 bits per heavy atom. The van der Waals surface area contributed by atoms with Crippen molar-refractivity contribution in [3.63, 3.8) is 0 Å². The number of aromatic nitrogens is 1. The van der Waals surface area contributed by atoms with Gasteiger partial charge in [0.15, 0.2) is 0 Å². The topological polar surface area (TPSA) is 71.1 Å². The molecule has 0 spiro atoms. The summed E-state index contributed by atoms with van der Waals surface area (Å²) in [7, 11) is -3.34. The fourth-order valence-corrected chi connectivity index (χ4v) is 2.70. The Morgan fingerprint density at radius 3 is 2.57 bits per heavy atom. The maximum absolute atomic E-state index is 11.2. The van der Waals surface area contributed by atoms with Crippen LogP contribution in [0.3, 0.4) is 0 Å². The zero-order chi connectivity index (χ0) is 15.5. The molecule has 5 nitrogen and oxygen atoms in total. The van der Waals surface area contributed by atoms with Gasteiger partial charge in [-0.05, 0) is 37.3 Å². The lowest BCUT2D eigenvalue weighted by molar-refractivity contribution is 0.607. The number of nitrogens with zero attached hydrogens (tertiary/aromatic N) is 1. The molecule has 2 N–H and O–H groups in total. The van der Waals surface area contributed by atoms with Crippen LogP contribution in [0.1, 0.15) is 18.7 Å². The van der Waals surface area contributed by atoms with Crippen molar-refractivity contribution in [2.45, 2.75) is 13.0 Å². The monoisotopic (exact) mass is 325 g/mol. The molecule has 1 aromatic carbocycles. The predicted molar refractivity (Wildman–Crippen MR) is 86.2 cm³/mol. The Balaban J connectivity index is 2.14. The average Bonchev–Trinajstić information content (AvgIpc) is 2.41. The van der Waals surface area contributed by atoms with Gasteiger partial charge < -0.3 is 5.32 Å². The molecule has 0 radical (unpaired) electrons. The summed E-state index contributed by atoms with van der Waals surface area (Å²) in [5, 5.41) is 3.60. The third kappa shape index (κ3) is 4.61. The summed E-state index contributed by atoms with van der Waals surface area (Å²) in [6, 6.07) is 10.8. The molecule has 0 aliphatic rings. The van der Waals surface area contributed by atoms with E-state index in [-0.39, 0.29) is 6.04 Å². The number of sulfonamides is 1. The summed E-state index contributed by atoms with van der Waals surface area (Å²) >= 11 is 6.08. The van der Waals surface area contributed by atoms with Crippen molar-refractivity contribution in [1.82, 2.24) is 4.98 Å². The van der Waals surface area contributed by atoms with Gasteiger partial charge in [0.2, 0.25) is 10.0 Å². The lowest BCUT2D eigenvalue weighted by Crippen LogP contribution is -2.11. The Kier molecular flexibility index (Phi) is 4.69. The first-order valence-corrected chi connectivity index (χ1v) is 8.57. The number of benzene rings is 1. The predicted octanol–water partition coefficient (Wildman–Crippen LogP) is 3.28. The Labute approximate surface area is 129 Å². The molecule has 0 saturated heterocycles. The molecule has 21 heavy (non-hydrogen) atoms. The summed E-state index contributed by atoms with van der Waals surface area (Å²) < 4.78 is 24.8. The van der Waals surface area contributed by atoms with Gasteiger partial charge in [-0.2, -0.15) is 0 Å². The number of nitrogens with one attached hydrogen (secondary N) is 2. The highest BCUT2D eigenvalue weighted by molar-refractivity contribution is 7.92. The normalized spacial score (nSPS) is 12.7. The molecule has 0 saturated carbocycles. The summed E-state index contributed by atoms with van der Waals surface area (Å²) in [5.74, 6) is 0. The third-order valence-electron chi connectivity index (χ3n) is 2.78. The van der Waals surface area contributed by atoms with Gasteiger partial charge in [-0.3, -0.25) is 9.71 Å².